The van der Waals surface area contributed by atoms with Crippen molar-refractivity contribution >= 4 is 17.2 Å². The van der Waals surface area contributed by atoms with E-state index in [0.717, 1.165) is 18.5 Å². The predicted molar refractivity (Wildman–Crippen MR) is 81.9 cm³/mol. The molecule has 2 aromatic rings. The molecule has 2 heterocycles. The van der Waals surface area contributed by atoms with Crippen molar-refractivity contribution in [2.24, 2.45) is 0 Å². The van der Waals surface area contributed by atoms with Crippen LogP contribution in [0.4, 0.5) is 11.6 Å². The minimum atomic E-state index is 0.359. The summed E-state index contributed by atoms with van der Waals surface area (Å²) in [7, 11) is 0. The quantitative estimate of drug-likeness (QED) is 0.846. The van der Waals surface area contributed by atoms with Crippen LogP contribution in [0.25, 0.3) is 5.57 Å². The first kappa shape index (κ1) is 12.7. The molecule has 1 aromatic heterocycles. The number of para-hydroxylation sites is 2. The van der Waals surface area contributed by atoms with Crippen molar-refractivity contribution in [3.8, 4) is 11.8 Å². The highest BCUT2D eigenvalue weighted by molar-refractivity contribution is 5.81. The summed E-state index contributed by atoms with van der Waals surface area (Å²) < 4.78 is 5.71. The Balaban J connectivity index is 1.68. The number of anilines is 2. The lowest BCUT2D eigenvalue weighted by atomic mass is 10.2. The maximum Gasteiger partial charge on any atom is 0.223 e. The molecule has 0 spiro atoms. The number of hydrogen-bond acceptors (Lipinski definition) is 6. The van der Waals surface area contributed by atoms with Crippen LogP contribution in [-0.2, 0) is 0 Å². The Morgan fingerprint density at radius 1 is 1.32 bits per heavy atom. The van der Waals surface area contributed by atoms with Gasteiger partial charge in [0, 0.05) is 12.2 Å². The Labute approximate surface area is 127 Å². The van der Waals surface area contributed by atoms with Gasteiger partial charge in [-0.25, -0.2) is 9.97 Å². The van der Waals surface area contributed by atoms with Gasteiger partial charge in [-0.1, -0.05) is 12.1 Å². The molecule has 2 N–H and O–H groups in total. The van der Waals surface area contributed by atoms with Crippen LogP contribution in [0.3, 0.4) is 0 Å². The summed E-state index contributed by atoms with van der Waals surface area (Å²) in [6, 6.07) is 11.9. The van der Waals surface area contributed by atoms with Crippen LogP contribution in [0.15, 0.2) is 42.4 Å². The lowest BCUT2D eigenvalue weighted by molar-refractivity contribution is 0.460. The number of aromatic nitrogens is 2. The van der Waals surface area contributed by atoms with Crippen LogP contribution < -0.4 is 15.4 Å². The molecular formula is C16H13N5O. The van der Waals surface area contributed by atoms with E-state index in [4.69, 9.17) is 4.74 Å². The van der Waals surface area contributed by atoms with Gasteiger partial charge in [-0.3, -0.25) is 0 Å². The van der Waals surface area contributed by atoms with Crippen LogP contribution in [0.1, 0.15) is 18.5 Å². The predicted octanol–water partition coefficient (Wildman–Crippen LogP) is 2.75. The zero-order valence-electron chi connectivity index (χ0n) is 11.7. The topological polar surface area (TPSA) is 82.9 Å². The summed E-state index contributed by atoms with van der Waals surface area (Å²) in [4.78, 5) is 8.60. The first-order chi connectivity index (χ1) is 10.8. The van der Waals surface area contributed by atoms with Crippen molar-refractivity contribution in [1.29, 1.82) is 5.26 Å². The number of benzene rings is 1. The van der Waals surface area contributed by atoms with E-state index in [1.165, 1.54) is 0 Å². The van der Waals surface area contributed by atoms with Gasteiger partial charge in [0.05, 0.1) is 11.4 Å². The maximum atomic E-state index is 9.50. The molecule has 1 saturated carbocycles. The Kier molecular flexibility index (Phi) is 2.90. The number of fused-ring (bicyclic) bond motifs is 1. The summed E-state index contributed by atoms with van der Waals surface area (Å²) in [5.74, 6) is 1.65. The SMILES string of the molecule is N#C/C(=C1\Nc2ccccc2O1)c1ccnc(NC2CC2)n1. The second kappa shape index (κ2) is 5.04. The van der Waals surface area contributed by atoms with Gasteiger partial charge >= 0.3 is 0 Å². The summed E-state index contributed by atoms with van der Waals surface area (Å²) >= 11 is 0. The van der Waals surface area contributed by atoms with Gasteiger partial charge in [-0.2, -0.15) is 5.26 Å². The summed E-state index contributed by atoms with van der Waals surface area (Å²) in [6.45, 7) is 0. The molecule has 0 radical (unpaired) electrons. The number of nitriles is 1. The van der Waals surface area contributed by atoms with Crippen LogP contribution >= 0.6 is 0 Å². The van der Waals surface area contributed by atoms with Crippen molar-refractivity contribution in [3.05, 3.63) is 48.1 Å². The molecule has 1 fully saturated rings. The average molecular weight is 291 g/mol. The number of ether oxygens (including phenoxy) is 1. The molecule has 0 amide bonds. The molecule has 0 unspecified atom stereocenters. The van der Waals surface area contributed by atoms with E-state index < -0.39 is 0 Å². The first-order valence-corrected chi connectivity index (χ1v) is 7.12. The molecule has 1 aliphatic heterocycles. The molecule has 2 aliphatic rings. The molecule has 0 atom stereocenters. The fourth-order valence-corrected chi connectivity index (χ4v) is 2.23. The number of nitrogens with zero attached hydrogens (tertiary/aromatic N) is 3. The Hall–Kier alpha value is -3.07. The van der Waals surface area contributed by atoms with Gasteiger partial charge in [0.2, 0.25) is 11.8 Å². The summed E-state index contributed by atoms with van der Waals surface area (Å²) in [5.41, 5.74) is 1.74. The fraction of sp³-hybridized carbons (Fsp3) is 0.188. The molecule has 4 rings (SSSR count). The van der Waals surface area contributed by atoms with Crippen molar-refractivity contribution in [3.63, 3.8) is 0 Å². The largest absolute Gasteiger partial charge is 0.437 e. The van der Waals surface area contributed by atoms with E-state index in [-0.39, 0.29) is 0 Å². The van der Waals surface area contributed by atoms with Crippen molar-refractivity contribution < 1.29 is 4.74 Å². The third-order valence-electron chi connectivity index (χ3n) is 3.51. The minimum Gasteiger partial charge on any atom is -0.437 e. The molecule has 1 aliphatic carbocycles. The Morgan fingerprint density at radius 3 is 2.95 bits per heavy atom. The molecule has 0 bridgehead atoms. The standard InChI is InChI=1S/C16H13N5O/c17-9-11(15-20-13-3-1-2-4-14(13)22-15)12-7-8-18-16(21-12)19-10-5-6-10/h1-4,7-8,10,20H,5-6H2,(H,18,19,21)/b15-11-. The van der Waals surface area contributed by atoms with Crippen molar-refractivity contribution in [1.82, 2.24) is 9.97 Å². The second-order valence-electron chi connectivity index (χ2n) is 5.22. The van der Waals surface area contributed by atoms with Crippen LogP contribution in [0.5, 0.6) is 5.75 Å². The Morgan fingerprint density at radius 2 is 2.18 bits per heavy atom. The van der Waals surface area contributed by atoms with Crippen molar-refractivity contribution in [2.45, 2.75) is 18.9 Å². The lowest BCUT2D eigenvalue weighted by Crippen LogP contribution is -2.08. The smallest absolute Gasteiger partial charge is 0.223 e. The van der Waals surface area contributed by atoms with Gasteiger partial charge in [0.25, 0.3) is 0 Å². The molecule has 1 aromatic carbocycles. The zero-order valence-corrected chi connectivity index (χ0v) is 11.7. The van der Waals surface area contributed by atoms with Crippen molar-refractivity contribution in [2.75, 3.05) is 10.6 Å². The van der Waals surface area contributed by atoms with E-state index in [1.807, 2.05) is 24.3 Å². The number of nitrogens with one attached hydrogen (secondary N) is 2. The zero-order chi connectivity index (χ0) is 14.9. The van der Waals surface area contributed by atoms with E-state index >= 15 is 0 Å². The number of rotatable bonds is 3. The monoisotopic (exact) mass is 291 g/mol. The van der Waals surface area contributed by atoms with Crippen LogP contribution in [0, 0.1) is 11.3 Å². The molecule has 22 heavy (non-hydrogen) atoms. The molecule has 6 nitrogen and oxygen atoms in total. The highest BCUT2D eigenvalue weighted by Gasteiger charge is 2.24. The van der Waals surface area contributed by atoms with E-state index in [2.05, 4.69) is 26.7 Å². The molecule has 108 valence electrons. The van der Waals surface area contributed by atoms with Gasteiger partial charge in [0.15, 0.2) is 5.75 Å². The third kappa shape index (κ3) is 2.33. The summed E-state index contributed by atoms with van der Waals surface area (Å²) in [6.07, 6.45) is 3.92. The van der Waals surface area contributed by atoms with E-state index in [0.29, 0.717) is 34.9 Å². The average Bonchev–Trinajstić information content (AvgIpc) is 3.25. The molecular weight excluding hydrogens is 278 g/mol. The van der Waals surface area contributed by atoms with E-state index in [9.17, 15) is 5.26 Å². The fourth-order valence-electron chi connectivity index (χ4n) is 2.23. The van der Waals surface area contributed by atoms with E-state index in [1.54, 1.807) is 12.3 Å². The van der Waals surface area contributed by atoms with Gasteiger partial charge in [-0.05, 0) is 31.0 Å². The van der Waals surface area contributed by atoms with Gasteiger partial charge in [-0.15, -0.1) is 0 Å². The number of allylic oxidation sites excluding steroid dienone is 1. The maximum absolute atomic E-state index is 9.50. The third-order valence-corrected chi connectivity index (χ3v) is 3.51. The normalized spacial score (nSPS) is 17.8. The highest BCUT2D eigenvalue weighted by atomic mass is 16.5. The molecule has 6 heteroatoms. The van der Waals surface area contributed by atoms with Crippen LogP contribution in [-0.4, -0.2) is 16.0 Å². The number of hydrogen-bond donors (Lipinski definition) is 2. The molecule has 0 saturated heterocycles. The van der Waals surface area contributed by atoms with Gasteiger partial charge in [0.1, 0.15) is 11.6 Å². The highest BCUT2D eigenvalue weighted by Crippen LogP contribution is 2.35. The van der Waals surface area contributed by atoms with Crippen LogP contribution in [0.2, 0.25) is 0 Å². The van der Waals surface area contributed by atoms with Gasteiger partial charge < -0.3 is 15.4 Å². The Bertz CT molecular complexity index is 777. The minimum absolute atomic E-state index is 0.359. The summed E-state index contributed by atoms with van der Waals surface area (Å²) in [5, 5.41) is 15.8. The first-order valence-electron chi connectivity index (χ1n) is 7.12. The lowest BCUT2D eigenvalue weighted by Gasteiger charge is -2.06. The second-order valence-corrected chi connectivity index (χ2v) is 5.22.